The van der Waals surface area contributed by atoms with Crippen molar-refractivity contribution in [2.75, 3.05) is 16.8 Å². The largest absolute Gasteiger partial charge is 0.360 e. The molecule has 0 bridgehead atoms. The Hall–Kier alpha value is -1.36. The van der Waals surface area contributed by atoms with Crippen molar-refractivity contribution in [3.63, 3.8) is 0 Å². The molecular weight excluding hydrogens is 316 g/mol. The number of aromatic nitrogens is 1. The molecule has 0 amide bonds. The zero-order chi connectivity index (χ0) is 16.8. The molecule has 2 heterocycles. The highest BCUT2D eigenvalue weighted by Gasteiger charge is 2.19. The van der Waals surface area contributed by atoms with Crippen LogP contribution in [0.2, 0.25) is 0 Å². The first-order valence-corrected chi connectivity index (χ1v) is 9.93. The lowest BCUT2D eigenvalue weighted by Crippen LogP contribution is -2.38. The normalized spacial score (nSPS) is 22.7. The van der Waals surface area contributed by atoms with Crippen molar-refractivity contribution in [2.45, 2.75) is 76.8 Å². The Morgan fingerprint density at radius 3 is 2.50 bits per heavy atom. The van der Waals surface area contributed by atoms with Gasteiger partial charge < -0.3 is 15.5 Å². The van der Waals surface area contributed by atoms with Crippen LogP contribution in [0.1, 0.15) is 64.7 Å². The van der Waals surface area contributed by atoms with Gasteiger partial charge in [0.1, 0.15) is 5.82 Å². The van der Waals surface area contributed by atoms with Crippen LogP contribution in [0.3, 0.4) is 0 Å². The Morgan fingerprint density at radius 1 is 1.08 bits per heavy atom. The molecule has 3 rings (SSSR count). The van der Waals surface area contributed by atoms with Crippen molar-refractivity contribution in [1.29, 1.82) is 0 Å². The highest BCUT2D eigenvalue weighted by molar-refractivity contribution is 7.80. The van der Waals surface area contributed by atoms with Crippen LogP contribution in [0.15, 0.2) is 18.3 Å². The average Bonchev–Trinajstić information content (AvgIpc) is 2.85. The van der Waals surface area contributed by atoms with Gasteiger partial charge >= 0.3 is 0 Å². The first-order valence-electron chi connectivity index (χ1n) is 9.52. The molecule has 1 aliphatic carbocycles. The molecule has 1 atom stereocenters. The van der Waals surface area contributed by atoms with E-state index in [4.69, 9.17) is 12.2 Å². The third kappa shape index (κ3) is 4.82. The number of pyridine rings is 1. The lowest BCUT2D eigenvalue weighted by Gasteiger charge is -2.34. The number of hydrogen-bond donors (Lipinski definition) is 2. The molecule has 1 aromatic rings. The maximum atomic E-state index is 5.48. The molecule has 1 aliphatic heterocycles. The van der Waals surface area contributed by atoms with Crippen LogP contribution in [0.5, 0.6) is 0 Å². The second-order valence-electron chi connectivity index (χ2n) is 7.23. The SMILES string of the molecule is CC1CCCCN1c1ccc(NC(=S)NC2CCCCCC2)cn1. The molecular formula is C19H30N4S. The molecule has 2 fully saturated rings. The van der Waals surface area contributed by atoms with Crippen LogP contribution in [0.25, 0.3) is 0 Å². The summed E-state index contributed by atoms with van der Waals surface area (Å²) in [6, 6.07) is 5.31. The van der Waals surface area contributed by atoms with Crippen molar-refractivity contribution in [2.24, 2.45) is 0 Å². The fraction of sp³-hybridized carbons (Fsp3) is 0.684. The van der Waals surface area contributed by atoms with Crippen molar-refractivity contribution in [3.8, 4) is 0 Å². The molecule has 0 aromatic carbocycles. The van der Waals surface area contributed by atoms with Crippen LogP contribution in [-0.2, 0) is 0 Å². The van der Waals surface area contributed by atoms with Crippen molar-refractivity contribution < 1.29 is 0 Å². The van der Waals surface area contributed by atoms with Crippen molar-refractivity contribution in [1.82, 2.24) is 10.3 Å². The zero-order valence-corrected chi connectivity index (χ0v) is 15.6. The first-order chi connectivity index (χ1) is 11.7. The Morgan fingerprint density at radius 2 is 1.83 bits per heavy atom. The molecule has 1 saturated carbocycles. The van der Waals surface area contributed by atoms with Gasteiger partial charge in [0.25, 0.3) is 0 Å². The maximum Gasteiger partial charge on any atom is 0.171 e. The van der Waals surface area contributed by atoms with Gasteiger partial charge in [0.2, 0.25) is 0 Å². The van der Waals surface area contributed by atoms with Gasteiger partial charge in [-0.05, 0) is 63.4 Å². The lowest BCUT2D eigenvalue weighted by atomic mass is 10.0. The van der Waals surface area contributed by atoms with Gasteiger partial charge in [-0.3, -0.25) is 0 Å². The summed E-state index contributed by atoms with van der Waals surface area (Å²) in [6.45, 7) is 3.40. The second kappa shape index (κ2) is 8.65. The fourth-order valence-electron chi connectivity index (χ4n) is 3.84. The van der Waals surface area contributed by atoms with Gasteiger partial charge in [-0.15, -0.1) is 0 Å². The van der Waals surface area contributed by atoms with E-state index in [0.717, 1.165) is 23.2 Å². The summed E-state index contributed by atoms with van der Waals surface area (Å²) >= 11 is 5.48. The number of rotatable bonds is 3. The van der Waals surface area contributed by atoms with Crippen molar-refractivity contribution >= 4 is 28.8 Å². The minimum absolute atomic E-state index is 0.522. The Bertz CT molecular complexity index is 523. The molecule has 2 N–H and O–H groups in total. The van der Waals surface area contributed by atoms with Gasteiger partial charge in [0.15, 0.2) is 5.11 Å². The highest BCUT2D eigenvalue weighted by Crippen LogP contribution is 2.23. The maximum absolute atomic E-state index is 5.48. The number of hydrogen-bond acceptors (Lipinski definition) is 3. The molecule has 132 valence electrons. The van der Waals surface area contributed by atoms with Gasteiger partial charge in [-0.1, -0.05) is 25.7 Å². The quantitative estimate of drug-likeness (QED) is 0.624. The molecule has 24 heavy (non-hydrogen) atoms. The van der Waals surface area contributed by atoms with Gasteiger partial charge in [0, 0.05) is 18.6 Å². The molecule has 1 aromatic heterocycles. The smallest absolute Gasteiger partial charge is 0.171 e. The molecule has 4 nitrogen and oxygen atoms in total. The van der Waals surface area contributed by atoms with Gasteiger partial charge in [0.05, 0.1) is 11.9 Å². The summed E-state index contributed by atoms with van der Waals surface area (Å²) in [6.07, 6.45) is 13.6. The summed E-state index contributed by atoms with van der Waals surface area (Å²) in [5.74, 6) is 1.08. The molecule has 0 spiro atoms. The van der Waals surface area contributed by atoms with Crippen LogP contribution in [-0.4, -0.2) is 28.7 Å². The van der Waals surface area contributed by atoms with Crippen molar-refractivity contribution in [3.05, 3.63) is 18.3 Å². The minimum atomic E-state index is 0.522. The van der Waals surface area contributed by atoms with E-state index in [2.05, 4.69) is 39.6 Å². The summed E-state index contributed by atoms with van der Waals surface area (Å²) in [7, 11) is 0. The third-order valence-electron chi connectivity index (χ3n) is 5.29. The molecule has 5 heteroatoms. The van der Waals surface area contributed by atoms with Crippen LogP contribution >= 0.6 is 12.2 Å². The average molecular weight is 347 g/mol. The monoisotopic (exact) mass is 346 g/mol. The Kier molecular flexibility index (Phi) is 6.30. The predicted octanol–water partition coefficient (Wildman–Crippen LogP) is 4.47. The van der Waals surface area contributed by atoms with E-state index in [1.165, 1.54) is 57.8 Å². The topological polar surface area (TPSA) is 40.2 Å². The summed E-state index contributed by atoms with van der Waals surface area (Å²) in [5.41, 5.74) is 0.967. The van der Waals surface area contributed by atoms with E-state index in [1.807, 2.05) is 6.20 Å². The molecule has 0 radical (unpaired) electrons. The first kappa shape index (κ1) is 17.5. The van der Waals surface area contributed by atoms with Crippen LogP contribution in [0, 0.1) is 0 Å². The zero-order valence-electron chi connectivity index (χ0n) is 14.8. The minimum Gasteiger partial charge on any atom is -0.360 e. The van der Waals surface area contributed by atoms with E-state index in [9.17, 15) is 0 Å². The number of nitrogens with zero attached hydrogens (tertiary/aromatic N) is 2. The molecule has 1 unspecified atom stereocenters. The van der Waals surface area contributed by atoms with Crippen LogP contribution in [0.4, 0.5) is 11.5 Å². The van der Waals surface area contributed by atoms with E-state index >= 15 is 0 Å². The van der Waals surface area contributed by atoms with E-state index in [1.54, 1.807) is 0 Å². The fourth-order valence-corrected chi connectivity index (χ4v) is 4.13. The summed E-state index contributed by atoms with van der Waals surface area (Å²) < 4.78 is 0. The summed E-state index contributed by atoms with van der Waals surface area (Å²) in [4.78, 5) is 7.06. The van der Waals surface area contributed by atoms with E-state index < -0.39 is 0 Å². The second-order valence-corrected chi connectivity index (χ2v) is 7.64. The Labute approximate surface area is 151 Å². The van der Waals surface area contributed by atoms with Crippen LogP contribution < -0.4 is 15.5 Å². The number of piperidine rings is 1. The number of nitrogens with one attached hydrogen (secondary N) is 2. The number of anilines is 2. The van der Waals surface area contributed by atoms with Gasteiger partial charge in [-0.2, -0.15) is 0 Å². The van der Waals surface area contributed by atoms with E-state index in [0.29, 0.717) is 12.1 Å². The standard InChI is InChI=1S/C19H30N4S/c1-15-8-6-7-13-23(15)18-12-11-17(14-20-18)22-19(24)21-16-9-4-2-3-5-10-16/h11-12,14-16H,2-10,13H2,1H3,(H2,21,22,24). The Balaban J connectivity index is 1.52. The van der Waals surface area contributed by atoms with E-state index in [-0.39, 0.29) is 0 Å². The lowest BCUT2D eigenvalue weighted by molar-refractivity contribution is 0.481. The molecule has 2 aliphatic rings. The van der Waals surface area contributed by atoms with Gasteiger partial charge in [-0.25, -0.2) is 4.98 Å². The third-order valence-corrected chi connectivity index (χ3v) is 5.51. The number of thiocarbonyl (C=S) groups is 1. The highest BCUT2D eigenvalue weighted by atomic mass is 32.1. The predicted molar refractivity (Wildman–Crippen MR) is 106 cm³/mol. The summed E-state index contributed by atoms with van der Waals surface area (Å²) in [5, 5.41) is 7.49. The molecule has 1 saturated heterocycles.